The zero-order chi connectivity index (χ0) is 13.2. The summed E-state index contributed by atoms with van der Waals surface area (Å²) in [6, 6.07) is 13.2. The third kappa shape index (κ3) is 2.58. The lowest BCUT2D eigenvalue weighted by molar-refractivity contribution is 0.470. The van der Waals surface area contributed by atoms with E-state index in [4.69, 9.17) is 0 Å². The Labute approximate surface area is 113 Å². The zero-order valence-corrected chi connectivity index (χ0v) is 10.8. The molecule has 19 heavy (non-hydrogen) atoms. The quantitative estimate of drug-likeness (QED) is 0.856. The Bertz CT molecular complexity index is 572. The van der Waals surface area contributed by atoms with Crippen molar-refractivity contribution in [2.75, 3.05) is 0 Å². The van der Waals surface area contributed by atoms with Crippen molar-refractivity contribution in [2.24, 2.45) is 0 Å². The van der Waals surface area contributed by atoms with Crippen LogP contribution in [0.3, 0.4) is 0 Å². The van der Waals surface area contributed by atoms with Crippen LogP contribution in [0.1, 0.15) is 35.4 Å². The van der Waals surface area contributed by atoms with E-state index in [0.717, 1.165) is 12.8 Å². The van der Waals surface area contributed by atoms with Crippen molar-refractivity contribution in [1.29, 1.82) is 0 Å². The zero-order valence-electron chi connectivity index (χ0n) is 10.8. The van der Waals surface area contributed by atoms with Gasteiger partial charge in [0.05, 0.1) is 0 Å². The standard InChI is InChI=1S/C17H18O2/c18-15-6-4-12(5-7-15)10-13-2-1-3-14-11-16(19)8-9-17(13)14/h4-9,11,13,18-19H,1-3,10H2/t13-/m0/s1. The lowest BCUT2D eigenvalue weighted by Gasteiger charge is -2.25. The number of benzene rings is 2. The molecule has 2 heteroatoms. The van der Waals surface area contributed by atoms with Crippen molar-refractivity contribution < 1.29 is 10.2 Å². The molecular formula is C17H18O2. The van der Waals surface area contributed by atoms with Crippen LogP contribution in [0, 0.1) is 0 Å². The summed E-state index contributed by atoms with van der Waals surface area (Å²) in [6.45, 7) is 0. The highest BCUT2D eigenvalue weighted by atomic mass is 16.3. The normalized spacial score (nSPS) is 18.0. The van der Waals surface area contributed by atoms with Crippen molar-refractivity contribution in [2.45, 2.75) is 31.6 Å². The van der Waals surface area contributed by atoms with Gasteiger partial charge >= 0.3 is 0 Å². The average Bonchev–Trinajstić information content (AvgIpc) is 2.41. The molecule has 0 bridgehead atoms. The molecule has 0 unspecified atom stereocenters. The number of fused-ring (bicyclic) bond motifs is 1. The fourth-order valence-electron chi connectivity index (χ4n) is 3.03. The van der Waals surface area contributed by atoms with Crippen LogP contribution in [-0.4, -0.2) is 10.2 Å². The molecule has 3 rings (SSSR count). The molecule has 1 aliphatic carbocycles. The second-order valence-electron chi connectivity index (χ2n) is 5.34. The Balaban J connectivity index is 1.85. The van der Waals surface area contributed by atoms with Crippen LogP contribution in [0.15, 0.2) is 42.5 Å². The first kappa shape index (κ1) is 12.1. The smallest absolute Gasteiger partial charge is 0.115 e. The lowest BCUT2D eigenvalue weighted by atomic mass is 9.79. The summed E-state index contributed by atoms with van der Waals surface area (Å²) in [7, 11) is 0. The molecule has 0 aromatic heterocycles. The van der Waals surface area contributed by atoms with Crippen molar-refractivity contribution in [3.63, 3.8) is 0 Å². The van der Waals surface area contributed by atoms with Crippen LogP contribution < -0.4 is 0 Å². The minimum Gasteiger partial charge on any atom is -0.508 e. The van der Waals surface area contributed by atoms with E-state index in [9.17, 15) is 10.2 Å². The third-order valence-electron chi connectivity index (χ3n) is 3.98. The largest absolute Gasteiger partial charge is 0.508 e. The number of aryl methyl sites for hydroxylation is 1. The average molecular weight is 254 g/mol. The highest BCUT2D eigenvalue weighted by molar-refractivity contribution is 5.39. The van der Waals surface area contributed by atoms with E-state index < -0.39 is 0 Å². The molecule has 1 atom stereocenters. The fraction of sp³-hybridized carbons (Fsp3) is 0.294. The molecule has 0 fully saturated rings. The van der Waals surface area contributed by atoms with Gasteiger partial charge in [0, 0.05) is 0 Å². The molecule has 0 spiro atoms. The highest BCUT2D eigenvalue weighted by Crippen LogP contribution is 2.35. The van der Waals surface area contributed by atoms with Gasteiger partial charge in [-0.1, -0.05) is 18.2 Å². The molecular weight excluding hydrogens is 236 g/mol. The SMILES string of the molecule is Oc1ccc(C[C@@H]2CCCc3cc(O)ccc32)cc1. The minimum atomic E-state index is 0.317. The van der Waals surface area contributed by atoms with E-state index in [-0.39, 0.29) is 0 Å². The number of phenolic OH excluding ortho intramolecular Hbond substituents is 2. The van der Waals surface area contributed by atoms with E-state index >= 15 is 0 Å². The first-order valence-corrected chi connectivity index (χ1v) is 6.82. The van der Waals surface area contributed by atoms with Gasteiger partial charge in [-0.05, 0) is 72.6 Å². The van der Waals surface area contributed by atoms with Gasteiger partial charge in [0.2, 0.25) is 0 Å². The van der Waals surface area contributed by atoms with E-state index in [1.54, 1.807) is 18.2 Å². The van der Waals surface area contributed by atoms with E-state index in [1.807, 2.05) is 18.2 Å². The number of hydrogen-bond acceptors (Lipinski definition) is 2. The van der Waals surface area contributed by atoms with Gasteiger partial charge < -0.3 is 10.2 Å². The minimum absolute atomic E-state index is 0.317. The predicted molar refractivity (Wildman–Crippen MR) is 75.6 cm³/mol. The molecule has 1 aliphatic rings. The molecule has 0 saturated carbocycles. The molecule has 0 saturated heterocycles. The second-order valence-corrected chi connectivity index (χ2v) is 5.34. The molecule has 0 aliphatic heterocycles. The summed E-state index contributed by atoms with van der Waals surface area (Å²) in [5.74, 6) is 1.20. The maximum atomic E-state index is 9.57. The first-order chi connectivity index (χ1) is 9.22. The Morgan fingerprint density at radius 3 is 2.47 bits per heavy atom. The Morgan fingerprint density at radius 2 is 1.68 bits per heavy atom. The lowest BCUT2D eigenvalue weighted by Crippen LogP contribution is -2.12. The van der Waals surface area contributed by atoms with E-state index in [1.165, 1.54) is 29.5 Å². The van der Waals surface area contributed by atoms with Gasteiger partial charge in [-0.2, -0.15) is 0 Å². The van der Waals surface area contributed by atoms with E-state index in [2.05, 4.69) is 6.07 Å². The molecule has 0 amide bonds. The number of hydrogen-bond donors (Lipinski definition) is 2. The Morgan fingerprint density at radius 1 is 0.947 bits per heavy atom. The second kappa shape index (κ2) is 4.96. The van der Waals surface area contributed by atoms with Gasteiger partial charge in [0.15, 0.2) is 0 Å². The van der Waals surface area contributed by atoms with Crippen molar-refractivity contribution in [1.82, 2.24) is 0 Å². The van der Waals surface area contributed by atoms with Crippen LogP contribution in [0.5, 0.6) is 11.5 Å². The summed E-state index contributed by atoms with van der Waals surface area (Å²) in [6.07, 6.45) is 4.44. The van der Waals surface area contributed by atoms with Crippen LogP contribution in [0.2, 0.25) is 0 Å². The number of phenols is 2. The highest BCUT2D eigenvalue weighted by Gasteiger charge is 2.20. The fourth-order valence-corrected chi connectivity index (χ4v) is 3.03. The molecule has 2 aromatic carbocycles. The van der Waals surface area contributed by atoms with Crippen LogP contribution in [-0.2, 0) is 12.8 Å². The number of rotatable bonds is 2. The Kier molecular flexibility index (Phi) is 3.16. The van der Waals surface area contributed by atoms with E-state index in [0.29, 0.717) is 17.4 Å². The molecule has 98 valence electrons. The van der Waals surface area contributed by atoms with Gasteiger partial charge in [-0.3, -0.25) is 0 Å². The summed E-state index contributed by atoms with van der Waals surface area (Å²) in [5.41, 5.74) is 3.91. The predicted octanol–water partition coefficient (Wildman–Crippen LogP) is 3.76. The summed E-state index contributed by atoms with van der Waals surface area (Å²) in [4.78, 5) is 0. The molecule has 0 heterocycles. The van der Waals surface area contributed by atoms with Crippen LogP contribution in [0.25, 0.3) is 0 Å². The topological polar surface area (TPSA) is 40.5 Å². The summed E-state index contributed by atoms with van der Waals surface area (Å²) < 4.78 is 0. The summed E-state index contributed by atoms with van der Waals surface area (Å²) >= 11 is 0. The molecule has 0 radical (unpaired) electrons. The third-order valence-corrected chi connectivity index (χ3v) is 3.98. The van der Waals surface area contributed by atoms with Crippen LogP contribution >= 0.6 is 0 Å². The van der Waals surface area contributed by atoms with Gasteiger partial charge in [0.25, 0.3) is 0 Å². The van der Waals surface area contributed by atoms with Crippen molar-refractivity contribution in [3.8, 4) is 11.5 Å². The maximum absolute atomic E-state index is 9.57. The molecule has 2 nitrogen and oxygen atoms in total. The molecule has 2 aromatic rings. The maximum Gasteiger partial charge on any atom is 0.115 e. The first-order valence-electron chi connectivity index (χ1n) is 6.82. The van der Waals surface area contributed by atoms with Gasteiger partial charge in [-0.25, -0.2) is 0 Å². The monoisotopic (exact) mass is 254 g/mol. The number of aromatic hydroxyl groups is 2. The Hall–Kier alpha value is -1.96. The van der Waals surface area contributed by atoms with Gasteiger partial charge in [0.1, 0.15) is 11.5 Å². The van der Waals surface area contributed by atoms with Crippen LogP contribution in [0.4, 0.5) is 0 Å². The summed E-state index contributed by atoms with van der Waals surface area (Å²) in [5, 5.41) is 18.9. The van der Waals surface area contributed by atoms with Crippen molar-refractivity contribution in [3.05, 3.63) is 59.2 Å². The van der Waals surface area contributed by atoms with Crippen molar-refractivity contribution >= 4 is 0 Å². The van der Waals surface area contributed by atoms with Gasteiger partial charge in [-0.15, -0.1) is 0 Å². The molecule has 2 N–H and O–H groups in total.